The number of thioether (sulfide) groups is 2. The maximum Gasteiger partial charge on any atom is 0.240 e. The molecule has 5 aromatic carbocycles. The van der Waals surface area contributed by atoms with Crippen LogP contribution in [0.5, 0.6) is 34.5 Å². The predicted octanol–water partition coefficient (Wildman–Crippen LogP) is 10.5. The van der Waals surface area contributed by atoms with Gasteiger partial charge in [0.05, 0.1) is 37.7 Å². The zero-order valence-electron chi connectivity index (χ0n) is 33.8. The Morgan fingerprint density at radius 2 is 1.18 bits per heavy atom. The first-order chi connectivity index (χ1) is 26.7. The number of methoxy groups -OCH3 is 3. The molecule has 0 bridgehead atoms. The second-order valence-electron chi connectivity index (χ2n) is 12.1. The summed E-state index contributed by atoms with van der Waals surface area (Å²) >= 11 is 1.86. The van der Waals surface area contributed by atoms with Crippen LogP contribution in [-0.4, -0.2) is 64.4 Å². The van der Waals surface area contributed by atoms with E-state index in [0.29, 0.717) is 27.0 Å². The molecule has 0 saturated heterocycles. The number of phenols is 1. The molecular formula is C43H54O9S4. The summed E-state index contributed by atoms with van der Waals surface area (Å²) in [6.07, 6.45) is 7.63. The Morgan fingerprint density at radius 1 is 0.661 bits per heavy atom. The molecule has 9 nitrogen and oxygen atoms in total. The third kappa shape index (κ3) is 16.8. The average Bonchev–Trinajstić information content (AvgIpc) is 3.19. The molecule has 0 saturated carbocycles. The second kappa shape index (κ2) is 25.1. The van der Waals surface area contributed by atoms with Crippen LogP contribution < -0.4 is 23.1 Å². The Balaban J connectivity index is 0.000000262. The fourth-order valence-electron chi connectivity index (χ4n) is 4.57. The minimum atomic E-state index is -3.11. The lowest BCUT2D eigenvalue weighted by atomic mass is 10.2. The van der Waals surface area contributed by atoms with Gasteiger partial charge in [-0.15, -0.1) is 23.5 Å². The molecule has 0 aliphatic rings. The summed E-state index contributed by atoms with van der Waals surface area (Å²) in [5.41, 5.74) is 3.39. The Bertz CT molecular complexity index is 2050. The molecule has 5 rings (SSSR count). The van der Waals surface area contributed by atoms with E-state index in [9.17, 15) is 12.6 Å². The van der Waals surface area contributed by atoms with Gasteiger partial charge >= 0.3 is 0 Å². The van der Waals surface area contributed by atoms with Crippen LogP contribution in [0.1, 0.15) is 36.5 Å². The van der Waals surface area contributed by atoms with Crippen molar-refractivity contribution in [2.24, 2.45) is 0 Å². The molecule has 0 aliphatic heterocycles. The first-order valence-corrected chi connectivity index (χ1v) is 22.9. The molecule has 56 heavy (non-hydrogen) atoms. The predicted molar refractivity (Wildman–Crippen MR) is 232 cm³/mol. The minimum Gasteiger partial charge on any atom is -0.508 e. The van der Waals surface area contributed by atoms with Crippen LogP contribution in [0.15, 0.2) is 123 Å². The largest absolute Gasteiger partial charge is 0.508 e. The highest BCUT2D eigenvalue weighted by atomic mass is 32.2. The van der Waals surface area contributed by atoms with Gasteiger partial charge in [0.2, 0.25) is 11.1 Å². The highest BCUT2D eigenvalue weighted by Crippen LogP contribution is 2.29. The molecule has 1 unspecified atom stereocenters. The lowest BCUT2D eigenvalue weighted by Gasteiger charge is -2.09. The summed E-state index contributed by atoms with van der Waals surface area (Å²) in [5, 5.41) is 9.12. The Morgan fingerprint density at radius 3 is 1.66 bits per heavy atom. The Kier molecular flexibility index (Phi) is 21.4. The van der Waals surface area contributed by atoms with Gasteiger partial charge in [0.15, 0.2) is 9.84 Å². The van der Waals surface area contributed by atoms with E-state index >= 15 is 0 Å². The van der Waals surface area contributed by atoms with Crippen LogP contribution >= 0.6 is 23.5 Å². The first-order valence-electron chi connectivity index (χ1n) is 17.5. The second-order valence-corrected chi connectivity index (χ2v) is 16.9. The van der Waals surface area contributed by atoms with E-state index in [4.69, 9.17) is 28.2 Å². The van der Waals surface area contributed by atoms with Crippen LogP contribution in [-0.2, 0) is 20.9 Å². The highest BCUT2D eigenvalue weighted by molar-refractivity contribution is 7.99. The molecule has 0 amide bonds. The first kappa shape index (κ1) is 47.9. The highest BCUT2D eigenvalue weighted by Gasteiger charge is 2.09. The number of aromatic hydroxyl groups is 1. The van der Waals surface area contributed by atoms with Gasteiger partial charge in [-0.3, -0.25) is 0 Å². The molecule has 0 radical (unpaired) electrons. The van der Waals surface area contributed by atoms with Crippen molar-refractivity contribution in [2.75, 3.05) is 46.7 Å². The zero-order chi connectivity index (χ0) is 41.7. The van der Waals surface area contributed by atoms with E-state index in [1.54, 1.807) is 99.5 Å². The molecule has 0 fully saturated rings. The van der Waals surface area contributed by atoms with E-state index in [-0.39, 0.29) is 5.75 Å². The van der Waals surface area contributed by atoms with E-state index in [1.165, 1.54) is 45.7 Å². The summed E-state index contributed by atoms with van der Waals surface area (Å²) in [6.45, 7) is 9.00. The van der Waals surface area contributed by atoms with Crippen molar-refractivity contribution in [1.82, 2.24) is 0 Å². The SMILES string of the molecule is CCCCOc1ccc(C)cc1SC.COc1ccc(C)cc1SC.COc1ccc(S(=O)Oc2ccc(O)cc2)cc1.COc1ccc(S(C)(=O)=O)cc1C. The van der Waals surface area contributed by atoms with Crippen molar-refractivity contribution in [3.63, 3.8) is 0 Å². The monoisotopic (exact) mass is 842 g/mol. The van der Waals surface area contributed by atoms with Crippen LogP contribution in [0.4, 0.5) is 0 Å². The molecule has 0 aliphatic carbocycles. The van der Waals surface area contributed by atoms with Crippen molar-refractivity contribution in [2.45, 2.75) is 60.1 Å². The summed E-state index contributed by atoms with van der Waals surface area (Å²) < 4.78 is 60.3. The van der Waals surface area contributed by atoms with Gasteiger partial charge in [-0.25, -0.2) is 12.6 Å². The Labute approximate surface area is 344 Å². The van der Waals surface area contributed by atoms with Crippen molar-refractivity contribution in [3.8, 4) is 34.5 Å². The number of sulfone groups is 1. The van der Waals surface area contributed by atoms with Crippen molar-refractivity contribution in [1.29, 1.82) is 0 Å². The normalized spacial score (nSPS) is 10.9. The smallest absolute Gasteiger partial charge is 0.240 e. The van der Waals surface area contributed by atoms with E-state index in [0.717, 1.165) is 30.1 Å². The summed E-state index contributed by atoms with van der Waals surface area (Å²) in [6, 6.07) is 30.2. The van der Waals surface area contributed by atoms with Crippen LogP contribution in [0, 0.1) is 20.8 Å². The third-order valence-electron chi connectivity index (χ3n) is 7.67. The number of hydrogen-bond donors (Lipinski definition) is 1. The van der Waals surface area contributed by atoms with Crippen molar-refractivity contribution >= 4 is 44.4 Å². The number of unbranched alkanes of at least 4 members (excludes halogenated alkanes) is 1. The summed E-state index contributed by atoms with van der Waals surface area (Å²) in [7, 11) is 1.72. The van der Waals surface area contributed by atoms with Crippen LogP contribution in [0.2, 0.25) is 0 Å². The van der Waals surface area contributed by atoms with Gasteiger partial charge in [-0.05, 0) is 147 Å². The summed E-state index contributed by atoms with van der Waals surface area (Å²) in [5.74, 6) is 3.95. The molecule has 13 heteroatoms. The zero-order valence-corrected chi connectivity index (χ0v) is 37.0. The average molecular weight is 843 g/mol. The molecule has 0 heterocycles. The number of phenolic OH excluding ortho intramolecular Hbond substituents is 1. The minimum absolute atomic E-state index is 0.137. The van der Waals surface area contributed by atoms with Gasteiger partial charge in [-0.1, -0.05) is 25.5 Å². The molecule has 0 spiro atoms. The van der Waals surface area contributed by atoms with Gasteiger partial charge in [-0.2, -0.15) is 0 Å². The molecule has 304 valence electrons. The third-order valence-corrected chi connectivity index (χ3v) is 11.3. The summed E-state index contributed by atoms with van der Waals surface area (Å²) in [4.78, 5) is 3.31. The quantitative estimate of drug-likeness (QED) is 0.0902. The fraction of sp³-hybridized carbons (Fsp3) is 0.302. The molecule has 0 aromatic heterocycles. The maximum atomic E-state index is 11.9. The van der Waals surface area contributed by atoms with Crippen LogP contribution in [0.25, 0.3) is 0 Å². The van der Waals surface area contributed by atoms with Gasteiger partial charge in [0, 0.05) is 16.0 Å². The standard InChI is InChI=1S/C13H12O4S.C12H18OS.C9H12O3S.C9H12OS/c1-16-11-6-8-13(9-7-11)18(15)17-12-4-2-10(14)3-5-12;1-4-5-8-13-11-7-6-10(2)9-12(11)14-3;1-7-6-8(13(3,10)11)4-5-9(7)12-2;1-7-4-5-8(10-2)9(6-7)11-3/h2-9,14H,1H3;6-7,9H,4-5,8H2,1-3H3;4-6H,1-3H3;4-6H,1-3H3. The molecular weight excluding hydrogens is 789 g/mol. The Hall–Kier alpha value is -4.30. The maximum absolute atomic E-state index is 11.9. The lowest BCUT2D eigenvalue weighted by Crippen LogP contribution is -2.00. The molecule has 1 atom stereocenters. The number of hydrogen-bond acceptors (Lipinski definition) is 11. The number of ether oxygens (including phenoxy) is 4. The lowest BCUT2D eigenvalue weighted by molar-refractivity contribution is 0.302. The van der Waals surface area contributed by atoms with Gasteiger partial charge in [0.1, 0.15) is 34.5 Å². The number of rotatable bonds is 13. The topological polar surface area (TPSA) is 118 Å². The number of aryl methyl sites for hydroxylation is 3. The van der Waals surface area contributed by atoms with E-state index in [2.05, 4.69) is 63.6 Å². The fourth-order valence-corrected chi connectivity index (χ4v) is 7.30. The molecule has 5 aromatic rings. The van der Waals surface area contributed by atoms with E-state index < -0.39 is 20.9 Å². The molecule has 1 N–H and O–H groups in total. The van der Waals surface area contributed by atoms with E-state index in [1.807, 2.05) is 13.0 Å². The van der Waals surface area contributed by atoms with Crippen molar-refractivity contribution < 1.29 is 40.9 Å². The van der Waals surface area contributed by atoms with Crippen LogP contribution in [0.3, 0.4) is 0 Å². The van der Waals surface area contributed by atoms with Gasteiger partial charge < -0.3 is 28.2 Å². The number of benzene rings is 5. The van der Waals surface area contributed by atoms with Gasteiger partial charge in [0.25, 0.3) is 0 Å². The van der Waals surface area contributed by atoms with Crippen molar-refractivity contribution in [3.05, 3.63) is 120 Å².